The summed E-state index contributed by atoms with van der Waals surface area (Å²) >= 11 is 2.90. The van der Waals surface area contributed by atoms with E-state index in [9.17, 15) is 14.4 Å². The van der Waals surface area contributed by atoms with E-state index in [1.165, 1.54) is 28.0 Å². The van der Waals surface area contributed by atoms with Crippen molar-refractivity contribution in [2.24, 2.45) is 0 Å². The van der Waals surface area contributed by atoms with Crippen molar-refractivity contribution in [1.82, 2.24) is 0 Å². The molecule has 1 heterocycles. The zero-order valence-electron chi connectivity index (χ0n) is 19.3. The molecule has 0 fully saturated rings. The van der Waals surface area contributed by atoms with Crippen molar-refractivity contribution in [2.45, 2.75) is 70.1 Å². The summed E-state index contributed by atoms with van der Waals surface area (Å²) in [5, 5.41) is 6.46. The molecule has 1 aliphatic rings. The molecule has 178 valence electrons. The van der Waals surface area contributed by atoms with Gasteiger partial charge < -0.3 is 15.4 Å². The topological polar surface area (TPSA) is 84.5 Å². The van der Waals surface area contributed by atoms with Crippen molar-refractivity contribution >= 4 is 51.6 Å². The number of benzene rings is 1. The molecule has 1 aromatic heterocycles. The number of hydrogen-bond acceptors (Lipinski definition) is 6. The molecular weight excluding hydrogens is 456 g/mol. The number of thiophene rings is 1. The molecule has 8 heteroatoms. The largest absolute Gasteiger partial charge is 0.462 e. The Kier molecular flexibility index (Phi) is 9.81. The Hall–Kier alpha value is -2.32. The van der Waals surface area contributed by atoms with Gasteiger partial charge in [0.1, 0.15) is 5.00 Å². The number of rotatable bonds is 10. The minimum atomic E-state index is -0.355. The summed E-state index contributed by atoms with van der Waals surface area (Å²) < 4.78 is 5.29. The Balaban J connectivity index is 1.64. The zero-order chi connectivity index (χ0) is 23.6. The lowest BCUT2D eigenvalue weighted by Gasteiger charge is -2.09. The van der Waals surface area contributed by atoms with Crippen LogP contribution < -0.4 is 10.6 Å². The third-order valence-corrected chi connectivity index (χ3v) is 7.60. The van der Waals surface area contributed by atoms with Gasteiger partial charge >= 0.3 is 5.97 Å². The maximum Gasteiger partial charge on any atom is 0.341 e. The number of aryl methyl sites for hydroxylation is 1. The van der Waals surface area contributed by atoms with E-state index in [2.05, 4.69) is 17.6 Å². The van der Waals surface area contributed by atoms with Gasteiger partial charge in [0, 0.05) is 21.9 Å². The average molecular weight is 489 g/mol. The molecule has 0 saturated heterocycles. The lowest BCUT2D eigenvalue weighted by molar-refractivity contribution is -0.116. The van der Waals surface area contributed by atoms with Crippen LogP contribution in [0.2, 0.25) is 0 Å². The second kappa shape index (κ2) is 12.8. The van der Waals surface area contributed by atoms with Crippen LogP contribution in [0.4, 0.5) is 10.7 Å². The van der Waals surface area contributed by atoms with Gasteiger partial charge in [-0.25, -0.2) is 4.79 Å². The fourth-order valence-corrected chi connectivity index (χ4v) is 5.83. The Labute approximate surface area is 203 Å². The SMILES string of the molecule is CCCCC(=O)Nc1cccc(SCC(=O)Nc2sc3c(c2C(=O)OCC)CCCCC3)c1. The van der Waals surface area contributed by atoms with Gasteiger partial charge in [-0.15, -0.1) is 23.1 Å². The summed E-state index contributed by atoms with van der Waals surface area (Å²) in [6.07, 6.45) is 7.43. The standard InChI is InChI=1S/C25H32N2O4S2/c1-3-5-14-21(28)26-17-10-9-11-18(15-17)32-16-22(29)27-24-23(25(30)31-4-2)19-12-7-6-8-13-20(19)33-24/h9-11,15H,3-8,12-14,16H2,1-2H3,(H,26,28)(H,27,29). The molecule has 0 saturated carbocycles. The number of amides is 2. The average Bonchev–Trinajstić information content (AvgIpc) is 2.96. The number of anilines is 2. The third-order valence-electron chi connectivity index (χ3n) is 5.40. The number of nitrogens with one attached hydrogen (secondary N) is 2. The van der Waals surface area contributed by atoms with Crippen molar-refractivity contribution in [3.63, 3.8) is 0 Å². The summed E-state index contributed by atoms with van der Waals surface area (Å²) in [5.41, 5.74) is 2.31. The molecule has 1 aromatic carbocycles. The van der Waals surface area contributed by atoms with Gasteiger partial charge in [-0.3, -0.25) is 9.59 Å². The minimum absolute atomic E-state index is 0.000648. The Morgan fingerprint density at radius 3 is 2.67 bits per heavy atom. The van der Waals surface area contributed by atoms with Gasteiger partial charge in [-0.05, 0) is 62.8 Å². The number of ether oxygens (including phenoxy) is 1. The molecule has 6 nitrogen and oxygen atoms in total. The third kappa shape index (κ3) is 7.33. The Bertz CT molecular complexity index is 987. The van der Waals surface area contributed by atoms with Gasteiger partial charge in [0.2, 0.25) is 11.8 Å². The monoisotopic (exact) mass is 488 g/mol. The van der Waals surface area contributed by atoms with E-state index in [0.29, 0.717) is 23.6 Å². The van der Waals surface area contributed by atoms with Gasteiger partial charge in [-0.2, -0.15) is 0 Å². The summed E-state index contributed by atoms with van der Waals surface area (Å²) in [6, 6.07) is 7.50. The number of fused-ring (bicyclic) bond motifs is 1. The highest BCUT2D eigenvalue weighted by atomic mass is 32.2. The smallest absolute Gasteiger partial charge is 0.341 e. The van der Waals surface area contributed by atoms with E-state index >= 15 is 0 Å². The molecule has 2 aromatic rings. The van der Waals surface area contributed by atoms with Gasteiger partial charge in [0.15, 0.2) is 0 Å². The van der Waals surface area contributed by atoms with Gasteiger partial charge in [0.25, 0.3) is 0 Å². The normalized spacial score (nSPS) is 13.0. The van der Waals surface area contributed by atoms with E-state index in [4.69, 9.17) is 4.74 Å². The number of esters is 1. The molecule has 0 aliphatic heterocycles. The fraction of sp³-hybridized carbons (Fsp3) is 0.480. The first-order valence-corrected chi connectivity index (χ1v) is 13.5. The predicted octanol–water partition coefficient (Wildman–Crippen LogP) is 6.05. The maximum atomic E-state index is 12.7. The lowest BCUT2D eigenvalue weighted by atomic mass is 10.1. The molecule has 0 unspecified atom stereocenters. The van der Waals surface area contributed by atoms with Crippen LogP contribution in [0.1, 0.15) is 73.2 Å². The van der Waals surface area contributed by atoms with Crippen molar-refractivity contribution in [3.05, 3.63) is 40.3 Å². The first kappa shape index (κ1) is 25.3. The number of thioether (sulfide) groups is 1. The van der Waals surface area contributed by atoms with Crippen LogP contribution in [0, 0.1) is 0 Å². The lowest BCUT2D eigenvalue weighted by Crippen LogP contribution is -2.16. The zero-order valence-corrected chi connectivity index (χ0v) is 21.0. The predicted molar refractivity (Wildman–Crippen MR) is 135 cm³/mol. The molecule has 0 radical (unpaired) electrons. The Morgan fingerprint density at radius 2 is 1.88 bits per heavy atom. The van der Waals surface area contributed by atoms with Crippen LogP contribution >= 0.6 is 23.1 Å². The second-order valence-corrected chi connectivity index (χ2v) is 10.2. The quantitative estimate of drug-likeness (QED) is 0.241. The number of hydrogen-bond donors (Lipinski definition) is 2. The summed E-state index contributed by atoms with van der Waals surface area (Å²) in [7, 11) is 0. The minimum Gasteiger partial charge on any atom is -0.462 e. The highest BCUT2D eigenvalue weighted by Crippen LogP contribution is 2.38. The molecule has 2 N–H and O–H groups in total. The summed E-state index contributed by atoms with van der Waals surface area (Å²) in [4.78, 5) is 39.4. The molecule has 0 atom stereocenters. The maximum absolute atomic E-state index is 12.7. The number of unbranched alkanes of at least 4 members (excludes halogenated alkanes) is 1. The first-order valence-electron chi connectivity index (χ1n) is 11.7. The molecule has 33 heavy (non-hydrogen) atoms. The highest BCUT2D eigenvalue weighted by molar-refractivity contribution is 8.00. The van der Waals surface area contributed by atoms with Crippen molar-refractivity contribution < 1.29 is 19.1 Å². The van der Waals surface area contributed by atoms with Crippen LogP contribution in [0.15, 0.2) is 29.2 Å². The number of carbonyl (C=O) groups is 3. The summed E-state index contributed by atoms with van der Waals surface area (Å²) in [6.45, 7) is 4.15. The molecular formula is C25H32N2O4S2. The fourth-order valence-electron chi connectivity index (χ4n) is 3.79. The highest BCUT2D eigenvalue weighted by Gasteiger charge is 2.26. The summed E-state index contributed by atoms with van der Waals surface area (Å²) in [5.74, 6) is -0.315. The molecule has 2 amide bonds. The molecule has 3 rings (SSSR count). The van der Waals surface area contributed by atoms with E-state index in [-0.39, 0.29) is 23.5 Å². The molecule has 0 bridgehead atoms. The van der Waals surface area contributed by atoms with Crippen LogP contribution in [0.3, 0.4) is 0 Å². The van der Waals surface area contributed by atoms with E-state index < -0.39 is 0 Å². The van der Waals surface area contributed by atoms with Crippen LogP contribution in [-0.4, -0.2) is 30.1 Å². The molecule has 0 spiro atoms. The molecule has 1 aliphatic carbocycles. The Morgan fingerprint density at radius 1 is 1.06 bits per heavy atom. The first-order chi connectivity index (χ1) is 16.0. The van der Waals surface area contributed by atoms with E-state index in [1.54, 1.807) is 6.92 Å². The van der Waals surface area contributed by atoms with Crippen LogP contribution in [0.5, 0.6) is 0 Å². The number of carbonyl (C=O) groups excluding carboxylic acids is 3. The van der Waals surface area contributed by atoms with Crippen molar-refractivity contribution in [3.8, 4) is 0 Å². The van der Waals surface area contributed by atoms with Crippen LogP contribution in [0.25, 0.3) is 0 Å². The van der Waals surface area contributed by atoms with E-state index in [1.807, 2.05) is 24.3 Å². The van der Waals surface area contributed by atoms with E-state index in [0.717, 1.165) is 61.1 Å². The van der Waals surface area contributed by atoms with Crippen LogP contribution in [-0.2, 0) is 27.2 Å². The second-order valence-electron chi connectivity index (χ2n) is 8.01. The van der Waals surface area contributed by atoms with Gasteiger partial charge in [0.05, 0.1) is 17.9 Å². The van der Waals surface area contributed by atoms with Gasteiger partial charge in [-0.1, -0.05) is 25.8 Å². The van der Waals surface area contributed by atoms with Crippen molar-refractivity contribution in [1.29, 1.82) is 0 Å². The van der Waals surface area contributed by atoms with Crippen molar-refractivity contribution in [2.75, 3.05) is 23.0 Å².